The zero-order valence-corrected chi connectivity index (χ0v) is 11.0. The Kier molecular flexibility index (Phi) is 4.89. The zero-order valence-electron chi connectivity index (χ0n) is 10.2. The number of aliphatic imine (C=N–C) groups is 1. The molecule has 0 radical (unpaired) electrons. The van der Waals surface area contributed by atoms with E-state index in [9.17, 15) is 8.42 Å². The smallest absolute Gasteiger partial charge is 0.242 e. The van der Waals surface area contributed by atoms with Crippen LogP contribution in [0.4, 0.5) is 0 Å². The first kappa shape index (κ1) is 13.9. The fourth-order valence-electron chi connectivity index (χ4n) is 1.58. The third-order valence-corrected chi connectivity index (χ3v) is 4.42. The molecule has 0 unspecified atom stereocenters. The summed E-state index contributed by atoms with van der Waals surface area (Å²) in [5.74, 6) is 0.364. The van der Waals surface area contributed by atoms with Crippen molar-refractivity contribution in [2.75, 3.05) is 27.2 Å². The molecule has 1 aliphatic rings. The molecule has 0 saturated carbocycles. The lowest BCUT2D eigenvalue weighted by molar-refractivity contribution is 0.406. The highest BCUT2D eigenvalue weighted by molar-refractivity contribution is 7.93. The minimum atomic E-state index is -3.41. The van der Waals surface area contributed by atoms with Gasteiger partial charge in [0.25, 0.3) is 0 Å². The van der Waals surface area contributed by atoms with Gasteiger partial charge in [-0.25, -0.2) is 8.42 Å². The van der Waals surface area contributed by atoms with Crippen LogP contribution in [0.2, 0.25) is 0 Å². The number of hydrogen-bond donors (Lipinski definition) is 0. The van der Waals surface area contributed by atoms with Gasteiger partial charge in [0.05, 0.1) is 12.0 Å². The van der Waals surface area contributed by atoms with Gasteiger partial charge in [0, 0.05) is 26.2 Å². The van der Waals surface area contributed by atoms with Gasteiger partial charge in [0.15, 0.2) is 0 Å². The van der Waals surface area contributed by atoms with Gasteiger partial charge in [-0.1, -0.05) is 6.58 Å². The summed E-state index contributed by atoms with van der Waals surface area (Å²) in [5.41, 5.74) is 0. The fraction of sp³-hybridized carbons (Fsp3) is 0.545. The number of sulfonamides is 1. The molecule has 1 fully saturated rings. The maximum Gasteiger partial charge on any atom is 0.242 e. The van der Waals surface area contributed by atoms with Gasteiger partial charge in [0.1, 0.15) is 0 Å². The lowest BCUT2D eigenvalue weighted by atomic mass is 10.4. The normalized spacial score (nSPS) is 18.8. The van der Waals surface area contributed by atoms with E-state index in [-0.39, 0.29) is 4.91 Å². The monoisotopic (exact) mass is 258 g/mol. The molecule has 0 aliphatic carbocycles. The second-order valence-corrected chi connectivity index (χ2v) is 5.67. The van der Waals surface area contributed by atoms with Crippen molar-refractivity contribution in [3.8, 4) is 0 Å². The van der Waals surface area contributed by atoms with Crippen LogP contribution in [0.3, 0.4) is 0 Å². The average Bonchev–Trinajstić information content (AvgIpc) is 2.84. The molecule has 1 aliphatic heterocycles. The second-order valence-electron chi connectivity index (χ2n) is 3.68. The molecule has 17 heavy (non-hydrogen) atoms. The van der Waals surface area contributed by atoms with Crippen molar-refractivity contribution >= 4 is 15.9 Å². The van der Waals surface area contributed by atoms with Crippen molar-refractivity contribution < 1.29 is 13.2 Å². The largest absolute Gasteiger partial charge is 0.481 e. The number of nitrogens with zero attached hydrogens (tertiary/aromatic N) is 2. The molecule has 1 heterocycles. The summed E-state index contributed by atoms with van der Waals surface area (Å²) in [4.78, 5) is 3.88. The first-order chi connectivity index (χ1) is 8.02. The molecule has 0 spiro atoms. The van der Waals surface area contributed by atoms with E-state index in [1.54, 1.807) is 7.05 Å². The molecule has 96 valence electrons. The fourth-order valence-corrected chi connectivity index (χ4v) is 2.89. The topological polar surface area (TPSA) is 59.0 Å². The van der Waals surface area contributed by atoms with E-state index < -0.39 is 10.0 Å². The van der Waals surface area contributed by atoms with Crippen molar-refractivity contribution in [3.05, 3.63) is 23.6 Å². The van der Waals surface area contributed by atoms with Crippen LogP contribution in [0.1, 0.15) is 12.8 Å². The SMILES string of the molecule is C=C(/C=C\C(=NC)OC)S(=O)(=O)N1CCCC1. The Morgan fingerprint density at radius 3 is 2.41 bits per heavy atom. The summed E-state index contributed by atoms with van der Waals surface area (Å²) in [7, 11) is -0.362. The molecular formula is C11H18N2O3S. The van der Waals surface area contributed by atoms with E-state index in [4.69, 9.17) is 4.74 Å². The lowest BCUT2D eigenvalue weighted by Gasteiger charge is -2.15. The highest BCUT2D eigenvalue weighted by Gasteiger charge is 2.26. The summed E-state index contributed by atoms with van der Waals surface area (Å²) in [6.07, 6.45) is 4.74. The first-order valence-corrected chi connectivity index (χ1v) is 6.84. The molecule has 5 nitrogen and oxygen atoms in total. The number of rotatable bonds is 4. The van der Waals surface area contributed by atoms with E-state index in [0.29, 0.717) is 19.0 Å². The van der Waals surface area contributed by atoms with E-state index in [1.165, 1.54) is 23.6 Å². The third-order valence-electron chi connectivity index (χ3n) is 2.58. The van der Waals surface area contributed by atoms with Gasteiger partial charge in [-0.15, -0.1) is 0 Å². The van der Waals surface area contributed by atoms with Crippen LogP contribution in [-0.4, -0.2) is 45.9 Å². The van der Waals surface area contributed by atoms with Crippen LogP contribution < -0.4 is 0 Å². The molecule has 6 heteroatoms. The van der Waals surface area contributed by atoms with Crippen LogP contribution in [0.15, 0.2) is 28.6 Å². The van der Waals surface area contributed by atoms with Gasteiger partial charge < -0.3 is 4.74 Å². The molecule has 0 aromatic heterocycles. The van der Waals surface area contributed by atoms with Crippen molar-refractivity contribution in [2.45, 2.75) is 12.8 Å². The van der Waals surface area contributed by atoms with Crippen LogP contribution in [0.5, 0.6) is 0 Å². The predicted molar refractivity (Wildman–Crippen MR) is 68.4 cm³/mol. The Labute approximate surface area is 103 Å². The Morgan fingerprint density at radius 2 is 1.94 bits per heavy atom. The van der Waals surface area contributed by atoms with Gasteiger partial charge >= 0.3 is 0 Å². The maximum atomic E-state index is 12.0. The molecule has 0 amide bonds. The van der Waals surface area contributed by atoms with Crippen LogP contribution in [-0.2, 0) is 14.8 Å². The summed E-state index contributed by atoms with van der Waals surface area (Å²) in [6, 6.07) is 0. The zero-order chi connectivity index (χ0) is 12.9. The molecule has 0 aromatic rings. The highest BCUT2D eigenvalue weighted by atomic mass is 32.2. The van der Waals surface area contributed by atoms with Gasteiger partial charge in [-0.05, 0) is 18.9 Å². The van der Waals surface area contributed by atoms with Crippen molar-refractivity contribution in [1.82, 2.24) is 4.31 Å². The number of allylic oxidation sites excluding steroid dienone is 1. The quantitative estimate of drug-likeness (QED) is 0.432. The van der Waals surface area contributed by atoms with Gasteiger partial charge in [-0.3, -0.25) is 4.99 Å². The molecule has 0 N–H and O–H groups in total. The van der Waals surface area contributed by atoms with Gasteiger partial charge in [-0.2, -0.15) is 4.31 Å². The summed E-state index contributed by atoms with van der Waals surface area (Å²) in [6.45, 7) is 4.74. The summed E-state index contributed by atoms with van der Waals surface area (Å²) >= 11 is 0. The Morgan fingerprint density at radius 1 is 1.35 bits per heavy atom. The average molecular weight is 258 g/mol. The molecular weight excluding hydrogens is 240 g/mol. The van der Waals surface area contributed by atoms with Crippen LogP contribution >= 0.6 is 0 Å². The highest BCUT2D eigenvalue weighted by Crippen LogP contribution is 2.18. The maximum absolute atomic E-state index is 12.0. The summed E-state index contributed by atoms with van der Waals surface area (Å²) < 4.78 is 30.4. The van der Waals surface area contributed by atoms with Crippen molar-refractivity contribution in [3.63, 3.8) is 0 Å². The third kappa shape index (κ3) is 3.41. The Balaban J connectivity index is 2.76. The van der Waals surface area contributed by atoms with Crippen LogP contribution in [0.25, 0.3) is 0 Å². The first-order valence-electron chi connectivity index (χ1n) is 5.40. The van der Waals surface area contributed by atoms with Crippen molar-refractivity contribution in [2.24, 2.45) is 4.99 Å². The van der Waals surface area contributed by atoms with Crippen LogP contribution in [0, 0.1) is 0 Å². The number of hydrogen-bond acceptors (Lipinski definition) is 4. The molecule has 1 saturated heterocycles. The molecule has 0 aromatic carbocycles. The second kappa shape index (κ2) is 5.97. The molecule has 0 atom stereocenters. The lowest BCUT2D eigenvalue weighted by Crippen LogP contribution is -2.28. The van der Waals surface area contributed by atoms with E-state index in [1.807, 2.05) is 0 Å². The standard InChI is InChI=1S/C11H18N2O3S/c1-10(6-7-11(12-2)16-3)17(14,15)13-8-4-5-9-13/h6-7H,1,4-5,8-9H2,2-3H3/b7-6-,12-11?. The van der Waals surface area contributed by atoms with Gasteiger partial charge in [0.2, 0.25) is 15.9 Å². The van der Waals surface area contributed by atoms with Crippen molar-refractivity contribution in [1.29, 1.82) is 0 Å². The molecule has 0 bridgehead atoms. The van der Waals surface area contributed by atoms with E-state index >= 15 is 0 Å². The Hall–Kier alpha value is -1.14. The van der Waals surface area contributed by atoms with E-state index in [2.05, 4.69) is 11.6 Å². The number of ether oxygens (including phenoxy) is 1. The Bertz CT molecular complexity index is 432. The minimum absolute atomic E-state index is 0.0672. The molecule has 1 rings (SSSR count). The summed E-state index contributed by atoms with van der Waals surface area (Å²) in [5, 5.41) is 0. The van der Waals surface area contributed by atoms with E-state index in [0.717, 1.165) is 12.8 Å². The minimum Gasteiger partial charge on any atom is -0.481 e. The number of methoxy groups -OCH3 is 1. The predicted octanol–water partition coefficient (Wildman–Crippen LogP) is 1.16.